The Morgan fingerprint density at radius 2 is 1.82 bits per heavy atom. The van der Waals surface area contributed by atoms with Gasteiger partial charge < -0.3 is 16.0 Å². The van der Waals surface area contributed by atoms with Crippen molar-refractivity contribution < 1.29 is 9.69 Å². The molecule has 0 aromatic heterocycles. The number of anilines is 1. The Morgan fingerprint density at radius 3 is 2.35 bits per heavy atom. The Labute approximate surface area is 103 Å². The lowest BCUT2D eigenvalue weighted by atomic mass is 10.2. The smallest absolute Gasteiger partial charge is 0.251 e. The molecule has 0 spiro atoms. The van der Waals surface area contributed by atoms with Crippen LogP contribution in [-0.2, 0) is 0 Å². The Morgan fingerprint density at radius 1 is 1.24 bits per heavy atom. The molecule has 17 heavy (non-hydrogen) atoms. The van der Waals surface area contributed by atoms with Crippen LogP contribution in [0.5, 0.6) is 0 Å². The number of likely N-dealkylation sites (N-methyl/N-ethyl adjacent to an activating group) is 1. The number of nitrogen functional groups attached to an aromatic ring is 1. The van der Waals surface area contributed by atoms with Gasteiger partial charge in [-0.05, 0) is 38.1 Å². The van der Waals surface area contributed by atoms with E-state index in [1.165, 1.54) is 4.90 Å². The SMILES string of the molecule is CC[NH+](CC)CCNC(=O)c1ccc(N)cc1. The summed E-state index contributed by atoms with van der Waals surface area (Å²) >= 11 is 0. The second-order valence-corrected chi connectivity index (χ2v) is 4.09. The molecule has 0 saturated heterocycles. The summed E-state index contributed by atoms with van der Waals surface area (Å²) in [6.45, 7) is 8.16. The van der Waals surface area contributed by atoms with E-state index in [-0.39, 0.29) is 5.91 Å². The molecule has 4 heteroatoms. The molecule has 0 radical (unpaired) electrons. The van der Waals surface area contributed by atoms with Crippen molar-refractivity contribution in [1.29, 1.82) is 0 Å². The molecular weight excluding hydrogens is 214 g/mol. The summed E-state index contributed by atoms with van der Waals surface area (Å²) in [4.78, 5) is 13.2. The number of benzene rings is 1. The topological polar surface area (TPSA) is 59.6 Å². The zero-order valence-electron chi connectivity index (χ0n) is 10.6. The third-order valence-corrected chi connectivity index (χ3v) is 2.94. The highest BCUT2D eigenvalue weighted by molar-refractivity contribution is 5.94. The first kappa shape index (κ1) is 13.5. The van der Waals surface area contributed by atoms with Crippen LogP contribution in [0, 0.1) is 0 Å². The Hall–Kier alpha value is -1.55. The van der Waals surface area contributed by atoms with Gasteiger partial charge in [0, 0.05) is 11.3 Å². The van der Waals surface area contributed by atoms with E-state index in [0.29, 0.717) is 17.8 Å². The molecule has 0 heterocycles. The summed E-state index contributed by atoms with van der Waals surface area (Å²) in [6, 6.07) is 6.97. The number of carbonyl (C=O) groups excluding carboxylic acids is 1. The fraction of sp³-hybridized carbons (Fsp3) is 0.462. The molecule has 0 atom stereocenters. The van der Waals surface area contributed by atoms with Gasteiger partial charge in [-0.1, -0.05) is 0 Å². The second-order valence-electron chi connectivity index (χ2n) is 4.09. The van der Waals surface area contributed by atoms with Crippen molar-refractivity contribution in [1.82, 2.24) is 5.32 Å². The van der Waals surface area contributed by atoms with Crippen LogP contribution in [-0.4, -0.2) is 32.1 Å². The summed E-state index contributed by atoms with van der Waals surface area (Å²) in [5, 5.41) is 2.92. The zero-order chi connectivity index (χ0) is 12.7. The molecule has 1 aromatic carbocycles. The largest absolute Gasteiger partial charge is 0.399 e. The van der Waals surface area contributed by atoms with Crippen LogP contribution in [0.4, 0.5) is 5.69 Å². The van der Waals surface area contributed by atoms with E-state index in [4.69, 9.17) is 5.73 Å². The van der Waals surface area contributed by atoms with Crippen molar-refractivity contribution in [2.45, 2.75) is 13.8 Å². The summed E-state index contributed by atoms with van der Waals surface area (Å²) < 4.78 is 0. The third-order valence-electron chi connectivity index (χ3n) is 2.94. The monoisotopic (exact) mass is 236 g/mol. The molecule has 1 aromatic rings. The number of rotatable bonds is 6. The summed E-state index contributed by atoms with van der Waals surface area (Å²) in [5.74, 6) is -0.0310. The lowest BCUT2D eigenvalue weighted by Gasteiger charge is -2.15. The summed E-state index contributed by atoms with van der Waals surface area (Å²) in [5.41, 5.74) is 6.90. The van der Waals surface area contributed by atoms with E-state index in [1.54, 1.807) is 24.3 Å². The van der Waals surface area contributed by atoms with Gasteiger partial charge in [0.05, 0.1) is 26.2 Å². The van der Waals surface area contributed by atoms with Crippen molar-refractivity contribution in [2.75, 3.05) is 31.9 Å². The average molecular weight is 236 g/mol. The Bertz CT molecular complexity index is 344. The number of amides is 1. The van der Waals surface area contributed by atoms with Crippen molar-refractivity contribution >= 4 is 11.6 Å². The van der Waals surface area contributed by atoms with E-state index in [2.05, 4.69) is 19.2 Å². The number of hydrogen-bond acceptors (Lipinski definition) is 2. The molecule has 1 amide bonds. The number of nitrogens with one attached hydrogen (secondary N) is 2. The van der Waals surface area contributed by atoms with Gasteiger partial charge in [-0.15, -0.1) is 0 Å². The van der Waals surface area contributed by atoms with Gasteiger partial charge in [-0.3, -0.25) is 4.79 Å². The van der Waals surface area contributed by atoms with E-state index in [1.807, 2.05) is 0 Å². The van der Waals surface area contributed by atoms with Crippen molar-refractivity contribution in [3.63, 3.8) is 0 Å². The fourth-order valence-electron chi connectivity index (χ4n) is 1.69. The molecule has 0 aliphatic carbocycles. The van der Waals surface area contributed by atoms with Gasteiger partial charge in [-0.2, -0.15) is 0 Å². The molecule has 0 saturated carbocycles. The Balaban J connectivity index is 2.37. The minimum Gasteiger partial charge on any atom is -0.399 e. The van der Waals surface area contributed by atoms with E-state index < -0.39 is 0 Å². The quantitative estimate of drug-likeness (QED) is 0.605. The lowest BCUT2D eigenvalue weighted by Crippen LogP contribution is -3.12. The highest BCUT2D eigenvalue weighted by Gasteiger charge is 2.06. The number of carbonyl (C=O) groups is 1. The highest BCUT2D eigenvalue weighted by Crippen LogP contribution is 2.04. The minimum absolute atomic E-state index is 0.0310. The molecule has 0 unspecified atom stereocenters. The van der Waals surface area contributed by atoms with E-state index in [9.17, 15) is 4.79 Å². The second kappa shape index (κ2) is 6.91. The highest BCUT2D eigenvalue weighted by atomic mass is 16.1. The Kier molecular flexibility index (Phi) is 5.49. The molecule has 4 nitrogen and oxygen atoms in total. The number of quaternary nitrogens is 1. The predicted molar refractivity (Wildman–Crippen MR) is 70.1 cm³/mol. The van der Waals surface area contributed by atoms with Gasteiger partial charge in [0.1, 0.15) is 0 Å². The van der Waals surface area contributed by atoms with Crippen LogP contribution in [0.15, 0.2) is 24.3 Å². The summed E-state index contributed by atoms with van der Waals surface area (Å²) in [7, 11) is 0. The molecule has 0 aliphatic heterocycles. The van der Waals surface area contributed by atoms with E-state index >= 15 is 0 Å². The first-order valence-electron chi connectivity index (χ1n) is 6.14. The fourth-order valence-corrected chi connectivity index (χ4v) is 1.69. The van der Waals surface area contributed by atoms with Crippen LogP contribution in [0.1, 0.15) is 24.2 Å². The van der Waals surface area contributed by atoms with Crippen LogP contribution in [0.3, 0.4) is 0 Å². The average Bonchev–Trinajstić information content (AvgIpc) is 2.35. The van der Waals surface area contributed by atoms with Crippen molar-refractivity contribution in [3.05, 3.63) is 29.8 Å². The molecule has 4 N–H and O–H groups in total. The number of hydrogen-bond donors (Lipinski definition) is 3. The van der Waals surface area contributed by atoms with Gasteiger partial charge >= 0.3 is 0 Å². The van der Waals surface area contributed by atoms with Gasteiger partial charge in [0.25, 0.3) is 5.91 Å². The van der Waals surface area contributed by atoms with Crippen molar-refractivity contribution in [3.8, 4) is 0 Å². The molecule has 94 valence electrons. The maximum absolute atomic E-state index is 11.8. The van der Waals surface area contributed by atoms with Crippen LogP contribution in [0.25, 0.3) is 0 Å². The lowest BCUT2D eigenvalue weighted by molar-refractivity contribution is -0.895. The molecule has 0 bridgehead atoms. The molecular formula is C13H22N3O+. The van der Waals surface area contributed by atoms with E-state index in [0.717, 1.165) is 19.6 Å². The van der Waals surface area contributed by atoms with Crippen LogP contribution >= 0.6 is 0 Å². The standard InChI is InChI=1S/C13H21N3O/c1-3-16(4-2)10-9-15-13(17)11-5-7-12(14)8-6-11/h5-8H,3-4,9-10,14H2,1-2H3,(H,15,17)/p+1. The number of nitrogens with two attached hydrogens (primary N) is 1. The molecule has 1 rings (SSSR count). The molecule has 0 fully saturated rings. The van der Waals surface area contributed by atoms with Crippen molar-refractivity contribution in [2.24, 2.45) is 0 Å². The molecule has 0 aliphatic rings. The first-order valence-corrected chi connectivity index (χ1v) is 6.14. The van der Waals surface area contributed by atoms with Gasteiger partial charge in [-0.25, -0.2) is 0 Å². The normalized spacial score (nSPS) is 10.5. The zero-order valence-corrected chi connectivity index (χ0v) is 10.6. The minimum atomic E-state index is -0.0310. The first-order chi connectivity index (χ1) is 8.17. The van der Waals surface area contributed by atoms with Gasteiger partial charge in [0.15, 0.2) is 0 Å². The van der Waals surface area contributed by atoms with Crippen LogP contribution in [0.2, 0.25) is 0 Å². The maximum Gasteiger partial charge on any atom is 0.251 e. The maximum atomic E-state index is 11.8. The van der Waals surface area contributed by atoms with Gasteiger partial charge in [0.2, 0.25) is 0 Å². The summed E-state index contributed by atoms with van der Waals surface area (Å²) in [6.07, 6.45) is 0. The predicted octanol–water partition coefficient (Wildman–Crippen LogP) is -0.0767. The third kappa shape index (κ3) is 4.44. The van der Waals surface area contributed by atoms with Crippen LogP contribution < -0.4 is 16.0 Å².